The summed E-state index contributed by atoms with van der Waals surface area (Å²) in [6, 6.07) is 1.75. The fourth-order valence-corrected chi connectivity index (χ4v) is 3.23. The zero-order chi connectivity index (χ0) is 21.3. The van der Waals surface area contributed by atoms with Crippen molar-refractivity contribution in [1.82, 2.24) is 9.88 Å². The highest BCUT2D eigenvalue weighted by atomic mass is 32.2. The number of amides is 1. The number of aromatic nitrogens is 1. The number of pyridine rings is 1. The van der Waals surface area contributed by atoms with Gasteiger partial charge in [0.25, 0.3) is 0 Å². The first-order valence-electron chi connectivity index (χ1n) is 9.51. The molecule has 1 fully saturated rings. The third kappa shape index (κ3) is 6.89. The first-order valence-corrected chi connectivity index (χ1v) is 10.7. The Hall–Kier alpha value is -1.96. The molecule has 1 aromatic heterocycles. The molecule has 0 aliphatic carbocycles. The normalized spacial score (nSPS) is 16.5. The van der Waals surface area contributed by atoms with Gasteiger partial charge in [-0.15, -0.1) is 11.8 Å². The summed E-state index contributed by atoms with van der Waals surface area (Å²) in [6.07, 6.45) is 4.41. The highest BCUT2D eigenvalue weighted by Gasteiger charge is 2.30. The van der Waals surface area contributed by atoms with Gasteiger partial charge in [0.2, 0.25) is 5.88 Å². The summed E-state index contributed by atoms with van der Waals surface area (Å²) in [5.74, 6) is -0.253. The smallest absolute Gasteiger partial charge is 0.410 e. The number of hydrogen-bond acceptors (Lipinski definition) is 7. The van der Waals surface area contributed by atoms with Crippen molar-refractivity contribution in [3.63, 3.8) is 0 Å². The standard InChI is InChI=1S/C18H26N2O5S.C2H6/c1-18(2,3)25-17(22)20-10-6-7-12(11-20)24-15-14(16(21)23-4)13(26-5)8-9-19-15;1-2/h8-9,12H,6-7,10-11H2,1-5H3;1-2H3/t12-;/m1./s1. The molecule has 7 nitrogen and oxygen atoms in total. The molecular weight excluding hydrogens is 380 g/mol. The summed E-state index contributed by atoms with van der Waals surface area (Å²) in [4.78, 5) is 31.0. The van der Waals surface area contributed by atoms with E-state index in [1.165, 1.54) is 18.9 Å². The van der Waals surface area contributed by atoms with Crippen molar-refractivity contribution in [2.45, 2.75) is 64.1 Å². The van der Waals surface area contributed by atoms with Crippen molar-refractivity contribution in [3.8, 4) is 5.88 Å². The lowest BCUT2D eigenvalue weighted by atomic mass is 10.1. The van der Waals surface area contributed by atoms with E-state index in [0.717, 1.165) is 17.7 Å². The highest BCUT2D eigenvalue weighted by molar-refractivity contribution is 7.98. The lowest BCUT2D eigenvalue weighted by Gasteiger charge is -2.34. The molecule has 0 saturated carbocycles. The van der Waals surface area contributed by atoms with Crippen LogP contribution in [0.15, 0.2) is 17.2 Å². The third-order valence-corrected chi connectivity index (χ3v) is 4.58. The number of nitrogens with zero attached hydrogens (tertiary/aromatic N) is 2. The Labute approximate surface area is 172 Å². The number of thioether (sulfide) groups is 1. The number of hydrogen-bond donors (Lipinski definition) is 0. The van der Waals surface area contributed by atoms with Gasteiger partial charge in [-0.3, -0.25) is 0 Å². The molecule has 0 radical (unpaired) electrons. The Morgan fingerprint density at radius 2 is 1.96 bits per heavy atom. The number of likely N-dealkylation sites (tertiary alicyclic amines) is 1. The average molecular weight is 413 g/mol. The third-order valence-electron chi connectivity index (χ3n) is 3.80. The molecule has 1 saturated heterocycles. The average Bonchev–Trinajstić information content (AvgIpc) is 2.67. The second kappa shape index (κ2) is 11.1. The lowest BCUT2D eigenvalue weighted by molar-refractivity contribution is 0.00682. The van der Waals surface area contributed by atoms with E-state index in [1.807, 2.05) is 40.9 Å². The van der Waals surface area contributed by atoms with Gasteiger partial charge in [-0.05, 0) is 45.9 Å². The van der Waals surface area contributed by atoms with Gasteiger partial charge in [-0.1, -0.05) is 13.8 Å². The molecule has 0 spiro atoms. The number of carbonyl (C=O) groups excluding carboxylic acids is 2. The van der Waals surface area contributed by atoms with Crippen molar-refractivity contribution in [2.75, 3.05) is 26.5 Å². The Bertz CT molecular complexity index is 660. The SMILES string of the molecule is CC.COC(=O)c1c(SC)ccnc1O[C@@H]1CCCN(C(=O)OC(C)(C)C)C1. The molecule has 158 valence electrons. The van der Waals surface area contributed by atoms with E-state index in [-0.39, 0.29) is 18.1 Å². The van der Waals surface area contributed by atoms with Gasteiger partial charge in [0, 0.05) is 17.6 Å². The van der Waals surface area contributed by atoms with E-state index in [0.29, 0.717) is 18.7 Å². The van der Waals surface area contributed by atoms with Crippen LogP contribution in [0.3, 0.4) is 0 Å². The van der Waals surface area contributed by atoms with Crippen LogP contribution in [-0.2, 0) is 9.47 Å². The molecule has 2 heterocycles. The quantitative estimate of drug-likeness (QED) is 0.536. The molecular formula is C20H32N2O5S. The van der Waals surface area contributed by atoms with Crippen molar-refractivity contribution >= 4 is 23.8 Å². The largest absolute Gasteiger partial charge is 0.472 e. The first-order chi connectivity index (χ1) is 13.2. The van der Waals surface area contributed by atoms with Gasteiger partial charge in [-0.25, -0.2) is 14.6 Å². The van der Waals surface area contributed by atoms with E-state index in [9.17, 15) is 9.59 Å². The van der Waals surface area contributed by atoms with Crippen molar-refractivity contribution in [2.24, 2.45) is 0 Å². The van der Waals surface area contributed by atoms with E-state index < -0.39 is 11.6 Å². The molecule has 1 aliphatic heterocycles. The summed E-state index contributed by atoms with van der Waals surface area (Å²) in [7, 11) is 1.33. The molecule has 1 aliphatic rings. The molecule has 0 aromatic carbocycles. The van der Waals surface area contributed by atoms with Gasteiger partial charge in [0.15, 0.2) is 0 Å². The molecule has 2 rings (SSSR count). The zero-order valence-corrected chi connectivity index (χ0v) is 18.7. The fourth-order valence-electron chi connectivity index (χ4n) is 2.66. The molecule has 28 heavy (non-hydrogen) atoms. The molecule has 0 bridgehead atoms. The minimum Gasteiger partial charge on any atom is -0.472 e. The fraction of sp³-hybridized carbons (Fsp3) is 0.650. The van der Waals surface area contributed by atoms with Crippen LogP contribution in [0.2, 0.25) is 0 Å². The second-order valence-corrected chi connectivity index (χ2v) is 7.84. The minimum absolute atomic E-state index is 0.236. The Morgan fingerprint density at radius 3 is 2.54 bits per heavy atom. The van der Waals surface area contributed by atoms with Crippen LogP contribution in [0.5, 0.6) is 5.88 Å². The number of methoxy groups -OCH3 is 1. The maximum absolute atomic E-state index is 12.3. The number of esters is 1. The predicted octanol–water partition coefficient (Wildman–Crippen LogP) is 4.39. The van der Waals surface area contributed by atoms with Crippen LogP contribution in [0.4, 0.5) is 4.79 Å². The Balaban J connectivity index is 0.00000190. The van der Waals surface area contributed by atoms with Crippen LogP contribution < -0.4 is 4.74 Å². The van der Waals surface area contributed by atoms with Crippen molar-refractivity contribution in [3.05, 3.63) is 17.8 Å². The topological polar surface area (TPSA) is 78.0 Å². The minimum atomic E-state index is -0.544. The van der Waals surface area contributed by atoms with Gasteiger partial charge in [-0.2, -0.15) is 0 Å². The van der Waals surface area contributed by atoms with E-state index in [2.05, 4.69) is 4.98 Å². The van der Waals surface area contributed by atoms with Crippen LogP contribution in [0.1, 0.15) is 57.8 Å². The number of carbonyl (C=O) groups is 2. The van der Waals surface area contributed by atoms with Gasteiger partial charge >= 0.3 is 12.1 Å². The maximum atomic E-state index is 12.3. The monoisotopic (exact) mass is 412 g/mol. The maximum Gasteiger partial charge on any atom is 0.410 e. The summed E-state index contributed by atoms with van der Waals surface area (Å²) in [5, 5.41) is 0. The second-order valence-electron chi connectivity index (χ2n) is 6.99. The van der Waals surface area contributed by atoms with Crippen LogP contribution in [-0.4, -0.2) is 60.1 Å². The van der Waals surface area contributed by atoms with Crippen molar-refractivity contribution in [1.29, 1.82) is 0 Å². The summed E-state index contributed by atoms with van der Waals surface area (Å²) >= 11 is 1.42. The highest BCUT2D eigenvalue weighted by Crippen LogP contribution is 2.29. The first kappa shape index (κ1) is 24.1. The van der Waals surface area contributed by atoms with Gasteiger partial charge in [0.05, 0.1) is 13.7 Å². The van der Waals surface area contributed by atoms with Gasteiger partial charge < -0.3 is 19.1 Å². The molecule has 1 aromatic rings. The van der Waals surface area contributed by atoms with Crippen LogP contribution >= 0.6 is 11.8 Å². The summed E-state index contributed by atoms with van der Waals surface area (Å²) in [5.41, 5.74) is -0.228. The Kier molecular flexibility index (Phi) is 9.58. The van der Waals surface area contributed by atoms with E-state index in [4.69, 9.17) is 14.2 Å². The van der Waals surface area contributed by atoms with E-state index >= 15 is 0 Å². The lowest BCUT2D eigenvalue weighted by Crippen LogP contribution is -2.46. The van der Waals surface area contributed by atoms with Gasteiger partial charge in [0.1, 0.15) is 17.3 Å². The molecule has 0 unspecified atom stereocenters. The number of rotatable bonds is 4. The number of piperidine rings is 1. The molecule has 1 amide bonds. The van der Waals surface area contributed by atoms with Crippen LogP contribution in [0, 0.1) is 0 Å². The molecule has 0 N–H and O–H groups in total. The summed E-state index contributed by atoms with van der Waals surface area (Å²) in [6.45, 7) is 10.5. The van der Waals surface area contributed by atoms with E-state index in [1.54, 1.807) is 17.2 Å². The predicted molar refractivity (Wildman–Crippen MR) is 110 cm³/mol. The zero-order valence-electron chi connectivity index (χ0n) is 17.9. The Morgan fingerprint density at radius 1 is 1.29 bits per heavy atom. The molecule has 8 heteroatoms. The van der Waals surface area contributed by atoms with Crippen LogP contribution in [0.25, 0.3) is 0 Å². The number of ether oxygens (including phenoxy) is 3. The summed E-state index contributed by atoms with van der Waals surface area (Å²) < 4.78 is 16.3. The molecule has 1 atom stereocenters. The van der Waals surface area contributed by atoms with Crippen molar-refractivity contribution < 1.29 is 23.8 Å².